The Hall–Kier alpha value is -2.14. The average molecular weight is 290 g/mol. The summed E-state index contributed by atoms with van der Waals surface area (Å²) < 4.78 is 26.3. The third-order valence-electron chi connectivity index (χ3n) is 3.12. The molecule has 1 heterocycles. The van der Waals surface area contributed by atoms with Crippen molar-refractivity contribution in [3.63, 3.8) is 0 Å². The minimum absolute atomic E-state index is 0.0788. The van der Waals surface area contributed by atoms with Gasteiger partial charge in [0.05, 0.1) is 12.1 Å². The van der Waals surface area contributed by atoms with E-state index in [0.717, 1.165) is 17.8 Å². The maximum Gasteiger partial charge on any atom is 0.179 e. The molecule has 0 fully saturated rings. The molecule has 110 valence electrons. The van der Waals surface area contributed by atoms with Crippen LogP contribution in [0.3, 0.4) is 0 Å². The predicted molar refractivity (Wildman–Crippen MR) is 76.1 cm³/mol. The number of carbonyl (C=O) groups is 1. The molecule has 2 rings (SSSR count). The van der Waals surface area contributed by atoms with Gasteiger partial charge in [-0.1, -0.05) is 6.07 Å². The minimum Gasteiger partial charge on any atom is -0.299 e. The lowest BCUT2D eigenvalue weighted by molar-refractivity contribution is 0.0942. The molecule has 0 aliphatic carbocycles. The number of Topliss-reactive ketones (excluding diaryl/α,β-unsaturated/α-hetero) is 1. The van der Waals surface area contributed by atoms with E-state index in [-0.39, 0.29) is 17.9 Å². The van der Waals surface area contributed by atoms with E-state index in [2.05, 4.69) is 4.98 Å². The Morgan fingerprint density at radius 3 is 2.71 bits per heavy atom. The van der Waals surface area contributed by atoms with E-state index in [0.29, 0.717) is 13.0 Å². The Labute approximate surface area is 122 Å². The molecule has 0 aliphatic rings. The number of nitrogens with zero attached hydrogens (tertiary/aromatic N) is 2. The van der Waals surface area contributed by atoms with Gasteiger partial charge in [0.25, 0.3) is 0 Å². The van der Waals surface area contributed by atoms with Crippen LogP contribution in [0.1, 0.15) is 16.1 Å². The third-order valence-corrected chi connectivity index (χ3v) is 3.12. The van der Waals surface area contributed by atoms with Gasteiger partial charge in [0.1, 0.15) is 11.6 Å². The van der Waals surface area contributed by atoms with Crippen LogP contribution in [0.4, 0.5) is 8.78 Å². The first-order valence-corrected chi connectivity index (χ1v) is 6.63. The highest BCUT2D eigenvalue weighted by molar-refractivity contribution is 5.97. The van der Waals surface area contributed by atoms with Crippen molar-refractivity contribution in [2.24, 2.45) is 0 Å². The zero-order chi connectivity index (χ0) is 15.2. The van der Waals surface area contributed by atoms with E-state index in [1.165, 1.54) is 6.07 Å². The number of benzene rings is 1. The summed E-state index contributed by atoms with van der Waals surface area (Å²) in [6.07, 6.45) is 2.42. The molecule has 3 nitrogen and oxygen atoms in total. The number of carbonyl (C=O) groups excluding carboxylic acids is 1. The molecule has 0 aliphatic heterocycles. The molecule has 0 unspecified atom stereocenters. The van der Waals surface area contributed by atoms with Crippen molar-refractivity contribution in [1.82, 2.24) is 9.88 Å². The van der Waals surface area contributed by atoms with Crippen LogP contribution in [0.5, 0.6) is 0 Å². The summed E-state index contributed by atoms with van der Waals surface area (Å²) in [5.41, 5.74) is 0.853. The summed E-state index contributed by atoms with van der Waals surface area (Å²) in [4.78, 5) is 18.0. The lowest BCUT2D eigenvalue weighted by atomic mass is 10.1. The number of hydrogen-bond donors (Lipinski definition) is 0. The van der Waals surface area contributed by atoms with Gasteiger partial charge >= 0.3 is 0 Å². The van der Waals surface area contributed by atoms with Gasteiger partial charge < -0.3 is 0 Å². The SMILES string of the molecule is CN(CCc1ccccn1)CC(=O)c1ccc(F)cc1F. The molecule has 2 aromatic rings. The van der Waals surface area contributed by atoms with Crippen LogP contribution in [-0.2, 0) is 6.42 Å². The van der Waals surface area contributed by atoms with Gasteiger partial charge in [-0.05, 0) is 31.3 Å². The van der Waals surface area contributed by atoms with Crippen molar-refractivity contribution in [3.8, 4) is 0 Å². The monoisotopic (exact) mass is 290 g/mol. The molecular formula is C16H16F2N2O. The van der Waals surface area contributed by atoms with Crippen LogP contribution in [-0.4, -0.2) is 35.8 Å². The van der Waals surface area contributed by atoms with Crippen LogP contribution >= 0.6 is 0 Å². The molecule has 0 radical (unpaired) electrons. The molecule has 1 aromatic heterocycles. The number of halogens is 2. The van der Waals surface area contributed by atoms with Crippen LogP contribution in [0.15, 0.2) is 42.6 Å². The molecule has 0 saturated heterocycles. The number of aromatic nitrogens is 1. The van der Waals surface area contributed by atoms with E-state index < -0.39 is 11.6 Å². The summed E-state index contributed by atoms with van der Waals surface area (Å²) in [6, 6.07) is 8.65. The predicted octanol–water partition coefficient (Wildman–Crippen LogP) is 2.72. The Morgan fingerprint density at radius 1 is 1.24 bits per heavy atom. The molecule has 0 spiro atoms. The largest absolute Gasteiger partial charge is 0.299 e. The number of rotatable bonds is 6. The van der Waals surface area contributed by atoms with Crippen molar-refractivity contribution in [2.45, 2.75) is 6.42 Å². The van der Waals surface area contributed by atoms with Gasteiger partial charge in [0.2, 0.25) is 0 Å². The van der Waals surface area contributed by atoms with Crippen LogP contribution in [0.2, 0.25) is 0 Å². The molecule has 1 aromatic carbocycles. The van der Waals surface area contributed by atoms with Crippen molar-refractivity contribution < 1.29 is 13.6 Å². The fourth-order valence-corrected chi connectivity index (χ4v) is 1.98. The van der Waals surface area contributed by atoms with Crippen molar-refractivity contribution in [1.29, 1.82) is 0 Å². The minimum atomic E-state index is -0.821. The Bertz CT molecular complexity index is 617. The Kier molecular flexibility index (Phi) is 5.11. The fourth-order valence-electron chi connectivity index (χ4n) is 1.98. The highest BCUT2D eigenvalue weighted by Crippen LogP contribution is 2.10. The summed E-state index contributed by atoms with van der Waals surface area (Å²) >= 11 is 0. The lowest BCUT2D eigenvalue weighted by Crippen LogP contribution is -2.28. The molecule has 0 N–H and O–H groups in total. The number of ketones is 1. The standard InChI is InChI=1S/C16H16F2N2O/c1-20(9-7-13-4-2-3-8-19-13)11-16(21)14-6-5-12(17)10-15(14)18/h2-6,8,10H,7,9,11H2,1H3. The van der Waals surface area contributed by atoms with E-state index in [1.54, 1.807) is 18.1 Å². The Balaban J connectivity index is 1.90. The quantitative estimate of drug-likeness (QED) is 0.767. The molecule has 21 heavy (non-hydrogen) atoms. The maximum atomic E-state index is 13.5. The van der Waals surface area contributed by atoms with E-state index in [9.17, 15) is 13.6 Å². The smallest absolute Gasteiger partial charge is 0.179 e. The van der Waals surface area contributed by atoms with Crippen LogP contribution in [0, 0.1) is 11.6 Å². The van der Waals surface area contributed by atoms with Crippen molar-refractivity contribution >= 4 is 5.78 Å². The van der Waals surface area contributed by atoms with Crippen molar-refractivity contribution in [2.75, 3.05) is 20.1 Å². The second-order valence-corrected chi connectivity index (χ2v) is 4.86. The van der Waals surface area contributed by atoms with Gasteiger partial charge in [-0.2, -0.15) is 0 Å². The summed E-state index contributed by atoms with van der Waals surface area (Å²) in [5, 5.41) is 0. The first-order valence-electron chi connectivity index (χ1n) is 6.63. The van der Waals surface area contributed by atoms with Gasteiger partial charge in [0, 0.05) is 30.9 Å². The van der Waals surface area contributed by atoms with Gasteiger partial charge in [0.15, 0.2) is 5.78 Å². The normalized spacial score (nSPS) is 10.9. The summed E-state index contributed by atoms with van der Waals surface area (Å²) in [7, 11) is 1.78. The highest BCUT2D eigenvalue weighted by Gasteiger charge is 2.14. The average Bonchev–Trinajstić information content (AvgIpc) is 2.46. The molecule has 0 amide bonds. The fraction of sp³-hybridized carbons (Fsp3) is 0.250. The lowest BCUT2D eigenvalue weighted by Gasteiger charge is -2.15. The first-order chi connectivity index (χ1) is 10.1. The van der Waals surface area contributed by atoms with E-state index in [4.69, 9.17) is 0 Å². The Morgan fingerprint density at radius 2 is 2.05 bits per heavy atom. The second kappa shape index (κ2) is 7.04. The summed E-state index contributed by atoms with van der Waals surface area (Å²) in [5.74, 6) is -1.87. The van der Waals surface area contributed by atoms with Gasteiger partial charge in [-0.3, -0.25) is 14.7 Å². The van der Waals surface area contributed by atoms with Gasteiger partial charge in [-0.25, -0.2) is 8.78 Å². The van der Waals surface area contributed by atoms with Crippen molar-refractivity contribution in [3.05, 3.63) is 65.5 Å². The molecule has 0 bridgehead atoms. The zero-order valence-electron chi connectivity index (χ0n) is 11.7. The topological polar surface area (TPSA) is 33.2 Å². The van der Waals surface area contributed by atoms with Crippen LogP contribution < -0.4 is 0 Å². The molecule has 5 heteroatoms. The molecular weight excluding hydrogens is 274 g/mol. The van der Waals surface area contributed by atoms with Crippen LogP contribution in [0.25, 0.3) is 0 Å². The second-order valence-electron chi connectivity index (χ2n) is 4.86. The molecule has 0 atom stereocenters. The van der Waals surface area contributed by atoms with Gasteiger partial charge in [-0.15, -0.1) is 0 Å². The summed E-state index contributed by atoms with van der Waals surface area (Å²) in [6.45, 7) is 0.709. The maximum absolute atomic E-state index is 13.5. The zero-order valence-corrected chi connectivity index (χ0v) is 11.7. The number of pyridine rings is 1. The van der Waals surface area contributed by atoms with E-state index in [1.807, 2.05) is 18.2 Å². The number of hydrogen-bond acceptors (Lipinski definition) is 3. The highest BCUT2D eigenvalue weighted by atomic mass is 19.1. The molecule has 0 saturated carbocycles. The third kappa shape index (κ3) is 4.43. The first kappa shape index (κ1) is 15.3. The number of likely N-dealkylation sites (N-methyl/N-ethyl adjacent to an activating group) is 1. The van der Waals surface area contributed by atoms with E-state index >= 15 is 0 Å².